The second-order valence-electron chi connectivity index (χ2n) is 6.01. The summed E-state index contributed by atoms with van der Waals surface area (Å²) in [5.74, 6) is 0.876. The van der Waals surface area contributed by atoms with E-state index in [1.165, 1.54) is 18.3 Å². The number of aromatic nitrogens is 2. The number of nitrogens with zero attached hydrogens (tertiary/aromatic N) is 3. The number of phenolic OH excluding ortho intramolecular Hbond substituents is 2. The molecular formula is C21H17N5O2. The summed E-state index contributed by atoms with van der Waals surface area (Å²) in [7, 11) is 0. The largest absolute Gasteiger partial charge is 0.508 e. The number of hydrogen-bond donors (Lipinski definition) is 4. The molecule has 0 fully saturated rings. The molecule has 0 atom stereocenters. The van der Waals surface area contributed by atoms with Gasteiger partial charge in [0.15, 0.2) is 11.7 Å². The first-order valence-corrected chi connectivity index (χ1v) is 8.59. The third-order valence-corrected chi connectivity index (χ3v) is 4.00. The second-order valence-corrected chi connectivity index (χ2v) is 6.01. The number of aliphatic imine (C=N–C) groups is 1. The molecule has 3 aromatic carbocycles. The Morgan fingerprint density at radius 1 is 0.964 bits per heavy atom. The molecule has 4 rings (SSSR count). The van der Waals surface area contributed by atoms with E-state index in [1.807, 2.05) is 54.6 Å². The van der Waals surface area contributed by atoms with Crippen LogP contribution in [0.15, 0.2) is 82.9 Å². The fourth-order valence-corrected chi connectivity index (χ4v) is 2.63. The van der Waals surface area contributed by atoms with E-state index in [9.17, 15) is 10.2 Å². The van der Waals surface area contributed by atoms with Crippen molar-refractivity contribution < 1.29 is 10.2 Å². The number of nitrogens with one attached hydrogen (secondary N) is 2. The number of aromatic amines is 1. The van der Waals surface area contributed by atoms with Crippen LogP contribution in [0.25, 0.3) is 11.0 Å². The highest BCUT2D eigenvalue weighted by Gasteiger charge is 2.09. The highest BCUT2D eigenvalue weighted by atomic mass is 16.3. The molecule has 0 saturated heterocycles. The molecule has 1 aromatic heterocycles. The van der Waals surface area contributed by atoms with Crippen molar-refractivity contribution in [2.24, 2.45) is 10.1 Å². The van der Waals surface area contributed by atoms with Crippen LogP contribution >= 0.6 is 0 Å². The number of para-hydroxylation sites is 3. The fourth-order valence-electron chi connectivity index (χ4n) is 2.63. The summed E-state index contributed by atoms with van der Waals surface area (Å²) in [6.07, 6.45) is 1.44. The number of amidine groups is 1. The van der Waals surface area contributed by atoms with Crippen molar-refractivity contribution in [3.05, 3.63) is 84.2 Å². The second kappa shape index (κ2) is 7.63. The quantitative estimate of drug-likeness (QED) is 0.249. The highest BCUT2D eigenvalue weighted by molar-refractivity contribution is 6.00. The molecule has 4 N–H and O–H groups in total. The van der Waals surface area contributed by atoms with Crippen LogP contribution < -0.4 is 5.43 Å². The van der Waals surface area contributed by atoms with Crippen molar-refractivity contribution in [2.75, 3.05) is 0 Å². The zero-order valence-electron chi connectivity index (χ0n) is 14.7. The Balaban J connectivity index is 1.67. The van der Waals surface area contributed by atoms with Gasteiger partial charge in [0, 0.05) is 11.6 Å². The maximum atomic E-state index is 9.88. The minimum atomic E-state index is -0.0733. The van der Waals surface area contributed by atoms with Crippen LogP contribution in [0, 0.1) is 0 Å². The number of imidazole rings is 1. The number of benzene rings is 3. The first-order chi connectivity index (χ1) is 13.7. The molecule has 0 aliphatic rings. The fraction of sp³-hybridized carbons (Fsp3) is 0. The van der Waals surface area contributed by atoms with Gasteiger partial charge in [0.2, 0.25) is 0 Å². The summed E-state index contributed by atoms with van der Waals surface area (Å²) in [4.78, 5) is 12.4. The van der Waals surface area contributed by atoms with E-state index in [1.54, 1.807) is 6.07 Å². The first-order valence-electron chi connectivity index (χ1n) is 8.59. The van der Waals surface area contributed by atoms with Crippen LogP contribution in [-0.2, 0) is 0 Å². The third-order valence-electron chi connectivity index (χ3n) is 4.00. The maximum Gasteiger partial charge on any atom is 0.190 e. The van der Waals surface area contributed by atoms with Gasteiger partial charge in [0.25, 0.3) is 0 Å². The molecular weight excluding hydrogens is 354 g/mol. The summed E-state index contributed by atoms with van der Waals surface area (Å²) in [5.41, 5.74) is 5.79. The smallest absolute Gasteiger partial charge is 0.190 e. The molecule has 7 heteroatoms. The molecule has 0 unspecified atom stereocenters. The van der Waals surface area contributed by atoms with Gasteiger partial charge in [-0.3, -0.25) is 5.43 Å². The zero-order chi connectivity index (χ0) is 19.3. The summed E-state index contributed by atoms with van der Waals surface area (Å²) in [6, 6.07) is 21.4. The SMILES string of the molecule is Oc1ccc(C=NNC(=Nc2ccccc2)c2nc3ccccc3[nH]2)c(O)c1. The lowest BCUT2D eigenvalue weighted by Crippen LogP contribution is -2.20. The number of phenols is 2. The molecule has 0 radical (unpaired) electrons. The van der Waals surface area contributed by atoms with Gasteiger partial charge >= 0.3 is 0 Å². The Labute approximate surface area is 160 Å². The molecule has 0 saturated carbocycles. The Morgan fingerprint density at radius 3 is 2.54 bits per heavy atom. The van der Waals surface area contributed by atoms with E-state index in [-0.39, 0.29) is 11.5 Å². The molecule has 0 spiro atoms. The molecule has 28 heavy (non-hydrogen) atoms. The Bertz CT molecular complexity index is 1130. The van der Waals surface area contributed by atoms with Crippen molar-refractivity contribution in [1.29, 1.82) is 0 Å². The summed E-state index contributed by atoms with van der Waals surface area (Å²) in [5, 5.41) is 23.4. The van der Waals surface area contributed by atoms with Gasteiger partial charge in [-0.15, -0.1) is 0 Å². The topological polar surface area (TPSA) is 106 Å². The molecule has 0 aliphatic heterocycles. The van der Waals surface area contributed by atoms with Gasteiger partial charge in [-0.2, -0.15) is 5.10 Å². The predicted octanol–water partition coefficient (Wildman–Crippen LogP) is 3.68. The van der Waals surface area contributed by atoms with Crippen LogP contribution in [0.3, 0.4) is 0 Å². The molecule has 1 heterocycles. The van der Waals surface area contributed by atoms with Crippen LogP contribution in [0.1, 0.15) is 11.4 Å². The van der Waals surface area contributed by atoms with E-state index in [0.717, 1.165) is 16.7 Å². The highest BCUT2D eigenvalue weighted by Crippen LogP contribution is 2.21. The normalized spacial score (nSPS) is 11.9. The van der Waals surface area contributed by atoms with Gasteiger partial charge in [-0.25, -0.2) is 9.98 Å². The Kier molecular flexibility index (Phi) is 4.71. The molecule has 0 amide bonds. The molecule has 7 nitrogen and oxygen atoms in total. The van der Waals surface area contributed by atoms with Crippen molar-refractivity contribution in [1.82, 2.24) is 15.4 Å². The van der Waals surface area contributed by atoms with E-state index in [0.29, 0.717) is 17.2 Å². The van der Waals surface area contributed by atoms with E-state index in [2.05, 4.69) is 25.5 Å². The van der Waals surface area contributed by atoms with Gasteiger partial charge in [0.1, 0.15) is 11.5 Å². The first kappa shape index (κ1) is 17.3. The van der Waals surface area contributed by atoms with Crippen LogP contribution in [-0.4, -0.2) is 32.2 Å². The average Bonchev–Trinajstić information content (AvgIpc) is 3.14. The minimum absolute atomic E-state index is 0.0174. The number of hydrazone groups is 1. The molecule has 0 aliphatic carbocycles. The van der Waals surface area contributed by atoms with Gasteiger partial charge in [-0.1, -0.05) is 30.3 Å². The third kappa shape index (κ3) is 3.83. The maximum absolute atomic E-state index is 9.88. The Hall–Kier alpha value is -4.13. The molecule has 0 bridgehead atoms. The Morgan fingerprint density at radius 2 is 1.75 bits per heavy atom. The van der Waals surface area contributed by atoms with Gasteiger partial charge in [-0.05, 0) is 36.4 Å². The predicted molar refractivity (Wildman–Crippen MR) is 109 cm³/mol. The number of fused-ring (bicyclic) bond motifs is 1. The van der Waals surface area contributed by atoms with Gasteiger partial charge < -0.3 is 15.2 Å². The lowest BCUT2D eigenvalue weighted by atomic mass is 10.2. The van der Waals surface area contributed by atoms with Crippen LogP contribution in [0.2, 0.25) is 0 Å². The summed E-state index contributed by atoms with van der Waals surface area (Å²) < 4.78 is 0. The average molecular weight is 371 g/mol. The number of aromatic hydroxyl groups is 2. The van der Waals surface area contributed by atoms with Crippen molar-refractivity contribution in [3.63, 3.8) is 0 Å². The summed E-state index contributed by atoms with van der Waals surface area (Å²) in [6.45, 7) is 0. The van der Waals surface area contributed by atoms with E-state index < -0.39 is 0 Å². The number of hydrogen-bond acceptors (Lipinski definition) is 5. The lowest BCUT2D eigenvalue weighted by molar-refractivity contribution is 0.450. The summed E-state index contributed by atoms with van der Waals surface area (Å²) >= 11 is 0. The van der Waals surface area contributed by atoms with Crippen LogP contribution in [0.5, 0.6) is 11.5 Å². The van der Waals surface area contributed by atoms with Crippen molar-refractivity contribution in [3.8, 4) is 11.5 Å². The molecule has 138 valence electrons. The van der Waals surface area contributed by atoms with Crippen molar-refractivity contribution >= 4 is 28.8 Å². The monoisotopic (exact) mass is 371 g/mol. The number of rotatable bonds is 4. The van der Waals surface area contributed by atoms with Crippen LogP contribution in [0.4, 0.5) is 5.69 Å². The zero-order valence-corrected chi connectivity index (χ0v) is 14.7. The van der Waals surface area contributed by atoms with E-state index in [4.69, 9.17) is 0 Å². The number of H-pyrrole nitrogens is 1. The van der Waals surface area contributed by atoms with Gasteiger partial charge in [0.05, 0.1) is 22.9 Å². The van der Waals surface area contributed by atoms with E-state index >= 15 is 0 Å². The standard InChI is InChI=1S/C21H17N5O2/c27-16-11-10-14(19(28)12-16)13-22-26-21(23-15-6-2-1-3-7-15)20-24-17-8-4-5-9-18(17)25-20/h1-13,27-28H,(H,23,26)(H,24,25). The minimum Gasteiger partial charge on any atom is -0.508 e. The van der Waals surface area contributed by atoms with Crippen molar-refractivity contribution in [2.45, 2.75) is 0 Å². The lowest BCUT2D eigenvalue weighted by Gasteiger charge is -2.04. The molecule has 4 aromatic rings.